The summed E-state index contributed by atoms with van der Waals surface area (Å²) in [7, 11) is 0. The molecule has 1 aliphatic heterocycles. The lowest BCUT2D eigenvalue weighted by atomic mass is 10.0. The number of aliphatic hydroxyl groups is 1. The normalized spacial score (nSPS) is 19.2. The molecule has 1 aliphatic rings. The van der Waals surface area contributed by atoms with Gasteiger partial charge < -0.3 is 9.84 Å². The van der Waals surface area contributed by atoms with Gasteiger partial charge in [0.25, 0.3) is 0 Å². The summed E-state index contributed by atoms with van der Waals surface area (Å²) in [4.78, 5) is 2.20. The molecule has 3 rings (SSSR count). The predicted molar refractivity (Wildman–Crippen MR) is 92.0 cm³/mol. The second-order valence-electron chi connectivity index (χ2n) is 6.46. The van der Waals surface area contributed by atoms with Crippen molar-refractivity contribution >= 4 is 0 Å². The molecule has 1 fully saturated rings. The number of β-amino-alcohol motifs (C(OH)–C–C–N with tert-alkyl or cyclic N) is 1. The van der Waals surface area contributed by atoms with E-state index in [0.717, 1.165) is 24.9 Å². The molecule has 2 aromatic rings. The van der Waals surface area contributed by atoms with E-state index >= 15 is 0 Å². The molecule has 0 amide bonds. The summed E-state index contributed by atoms with van der Waals surface area (Å²) in [6.07, 6.45) is 1.40. The molecule has 0 saturated carbocycles. The quantitative estimate of drug-likeness (QED) is 0.829. The van der Waals surface area contributed by atoms with Crippen molar-refractivity contribution in [1.82, 2.24) is 4.90 Å². The Morgan fingerprint density at radius 2 is 1.88 bits per heavy atom. The number of rotatable bonds is 7. The maximum atomic E-state index is 13.5. The van der Waals surface area contributed by atoms with Crippen LogP contribution in [0.1, 0.15) is 30.0 Å². The van der Waals surface area contributed by atoms with E-state index in [9.17, 15) is 13.9 Å². The Morgan fingerprint density at radius 1 is 1.12 bits per heavy atom. The van der Waals surface area contributed by atoms with E-state index in [2.05, 4.69) is 4.90 Å². The zero-order valence-electron chi connectivity index (χ0n) is 14.1. The lowest BCUT2D eigenvalue weighted by Crippen LogP contribution is -2.34. The molecule has 0 aliphatic carbocycles. The van der Waals surface area contributed by atoms with E-state index in [1.807, 2.05) is 0 Å². The van der Waals surface area contributed by atoms with Crippen molar-refractivity contribution in [2.75, 3.05) is 19.7 Å². The molecule has 1 saturated heterocycles. The molecule has 5 heteroatoms. The molecule has 0 radical (unpaired) electrons. The van der Waals surface area contributed by atoms with Crippen LogP contribution >= 0.6 is 0 Å². The smallest absolute Gasteiger partial charge is 0.128 e. The average molecular weight is 347 g/mol. The first-order valence-electron chi connectivity index (χ1n) is 8.62. The Morgan fingerprint density at radius 3 is 2.64 bits per heavy atom. The number of hydrogen-bond acceptors (Lipinski definition) is 3. The van der Waals surface area contributed by atoms with Crippen LogP contribution in [0.5, 0.6) is 0 Å². The van der Waals surface area contributed by atoms with Gasteiger partial charge in [-0.3, -0.25) is 4.90 Å². The number of benzene rings is 2. The summed E-state index contributed by atoms with van der Waals surface area (Å²) >= 11 is 0. The molecular weight excluding hydrogens is 324 g/mol. The first kappa shape index (κ1) is 18.0. The molecule has 2 atom stereocenters. The molecule has 0 spiro atoms. The van der Waals surface area contributed by atoms with E-state index in [4.69, 9.17) is 4.74 Å². The lowest BCUT2D eigenvalue weighted by molar-refractivity contribution is 0.00698. The fraction of sp³-hybridized carbons (Fsp3) is 0.400. The van der Waals surface area contributed by atoms with Crippen LogP contribution in [0, 0.1) is 11.6 Å². The van der Waals surface area contributed by atoms with Crippen molar-refractivity contribution in [3.8, 4) is 0 Å². The van der Waals surface area contributed by atoms with Crippen LogP contribution in [-0.4, -0.2) is 35.8 Å². The maximum absolute atomic E-state index is 13.5. The second kappa shape index (κ2) is 8.52. The highest BCUT2D eigenvalue weighted by Gasteiger charge is 2.27. The third-order valence-corrected chi connectivity index (χ3v) is 4.59. The number of hydrogen-bond donors (Lipinski definition) is 1. The van der Waals surface area contributed by atoms with Gasteiger partial charge in [0.15, 0.2) is 0 Å². The van der Waals surface area contributed by atoms with Crippen molar-refractivity contribution in [3.63, 3.8) is 0 Å². The van der Waals surface area contributed by atoms with Crippen molar-refractivity contribution in [2.24, 2.45) is 0 Å². The van der Waals surface area contributed by atoms with Gasteiger partial charge in [0.2, 0.25) is 0 Å². The van der Waals surface area contributed by atoms with E-state index < -0.39 is 6.10 Å². The number of nitrogens with zero attached hydrogens (tertiary/aromatic N) is 1. The van der Waals surface area contributed by atoms with Gasteiger partial charge in [0.05, 0.1) is 19.3 Å². The number of likely N-dealkylation sites (tertiary alicyclic amines) is 1. The van der Waals surface area contributed by atoms with Gasteiger partial charge in [-0.1, -0.05) is 30.3 Å². The summed E-state index contributed by atoms with van der Waals surface area (Å²) < 4.78 is 32.1. The first-order chi connectivity index (χ1) is 12.1. The molecule has 1 heterocycles. The SMILES string of the molecule is OC(COCc1ccccc1F)CN1CCCC1c1ccc(F)cc1. The van der Waals surface area contributed by atoms with Gasteiger partial charge in [-0.25, -0.2) is 8.78 Å². The molecule has 134 valence electrons. The van der Waals surface area contributed by atoms with Crippen molar-refractivity contribution < 1.29 is 18.6 Å². The standard InChI is InChI=1S/C20H23F2NO2/c21-17-9-7-15(8-10-17)20-6-3-11-23(20)12-18(24)14-25-13-16-4-1-2-5-19(16)22/h1-2,4-5,7-10,18,20,24H,3,6,11-14H2. The van der Waals surface area contributed by atoms with Crippen molar-refractivity contribution in [2.45, 2.75) is 31.6 Å². The zero-order valence-corrected chi connectivity index (χ0v) is 14.1. The molecule has 0 bridgehead atoms. The van der Waals surface area contributed by atoms with Crippen LogP contribution in [0.4, 0.5) is 8.78 Å². The van der Waals surface area contributed by atoms with Gasteiger partial charge in [-0.15, -0.1) is 0 Å². The third kappa shape index (κ3) is 4.84. The summed E-state index contributed by atoms with van der Waals surface area (Å²) in [6, 6.07) is 13.2. The monoisotopic (exact) mass is 347 g/mol. The number of halogens is 2. The van der Waals surface area contributed by atoms with Gasteiger partial charge >= 0.3 is 0 Å². The second-order valence-corrected chi connectivity index (χ2v) is 6.46. The predicted octanol–water partition coefficient (Wildman–Crippen LogP) is 3.68. The minimum absolute atomic E-state index is 0.144. The first-order valence-corrected chi connectivity index (χ1v) is 8.62. The van der Waals surface area contributed by atoms with Crippen LogP contribution in [0.2, 0.25) is 0 Å². The molecule has 2 unspecified atom stereocenters. The van der Waals surface area contributed by atoms with Crippen LogP contribution in [0.3, 0.4) is 0 Å². The minimum Gasteiger partial charge on any atom is -0.389 e. The maximum Gasteiger partial charge on any atom is 0.128 e. The van der Waals surface area contributed by atoms with E-state index in [1.165, 1.54) is 18.2 Å². The van der Waals surface area contributed by atoms with Gasteiger partial charge in [0, 0.05) is 18.2 Å². The average Bonchev–Trinajstić information content (AvgIpc) is 3.05. The van der Waals surface area contributed by atoms with E-state index in [1.54, 1.807) is 30.3 Å². The van der Waals surface area contributed by atoms with Gasteiger partial charge in [-0.05, 0) is 43.1 Å². The Bertz CT molecular complexity index is 678. The van der Waals surface area contributed by atoms with Crippen LogP contribution < -0.4 is 0 Å². The zero-order chi connectivity index (χ0) is 17.6. The van der Waals surface area contributed by atoms with Crippen LogP contribution in [0.15, 0.2) is 48.5 Å². The summed E-state index contributed by atoms with van der Waals surface area (Å²) in [5.74, 6) is -0.539. The summed E-state index contributed by atoms with van der Waals surface area (Å²) in [6.45, 7) is 1.68. The topological polar surface area (TPSA) is 32.7 Å². The Labute approximate surface area is 146 Å². The highest BCUT2D eigenvalue weighted by Crippen LogP contribution is 2.31. The largest absolute Gasteiger partial charge is 0.389 e. The highest BCUT2D eigenvalue weighted by atomic mass is 19.1. The molecular formula is C20H23F2NO2. The minimum atomic E-state index is -0.646. The third-order valence-electron chi connectivity index (χ3n) is 4.59. The van der Waals surface area contributed by atoms with Crippen LogP contribution in [0.25, 0.3) is 0 Å². The molecule has 1 N–H and O–H groups in total. The molecule has 0 aromatic heterocycles. The Hall–Kier alpha value is -1.82. The van der Waals surface area contributed by atoms with E-state index in [-0.39, 0.29) is 30.9 Å². The number of ether oxygens (including phenoxy) is 1. The lowest BCUT2D eigenvalue weighted by Gasteiger charge is -2.27. The molecule has 25 heavy (non-hydrogen) atoms. The highest BCUT2D eigenvalue weighted by molar-refractivity contribution is 5.21. The fourth-order valence-corrected chi connectivity index (χ4v) is 3.35. The van der Waals surface area contributed by atoms with Crippen LogP contribution in [-0.2, 0) is 11.3 Å². The Balaban J connectivity index is 1.49. The fourth-order valence-electron chi connectivity index (χ4n) is 3.35. The van der Waals surface area contributed by atoms with E-state index in [0.29, 0.717) is 12.1 Å². The molecule has 3 nitrogen and oxygen atoms in total. The number of aliphatic hydroxyl groups excluding tert-OH is 1. The summed E-state index contributed by atoms with van der Waals surface area (Å²) in [5, 5.41) is 10.2. The van der Waals surface area contributed by atoms with Crippen molar-refractivity contribution in [1.29, 1.82) is 0 Å². The van der Waals surface area contributed by atoms with Gasteiger partial charge in [-0.2, -0.15) is 0 Å². The van der Waals surface area contributed by atoms with Gasteiger partial charge in [0.1, 0.15) is 11.6 Å². The van der Waals surface area contributed by atoms with Crippen molar-refractivity contribution in [3.05, 3.63) is 71.3 Å². The summed E-state index contributed by atoms with van der Waals surface area (Å²) in [5.41, 5.74) is 1.55. The molecule has 2 aromatic carbocycles. The Kier molecular flexibility index (Phi) is 6.13.